The van der Waals surface area contributed by atoms with E-state index >= 15 is 0 Å². The van der Waals surface area contributed by atoms with Crippen molar-refractivity contribution in [1.82, 2.24) is 20.0 Å². The van der Waals surface area contributed by atoms with Gasteiger partial charge in [0.1, 0.15) is 16.9 Å². The van der Waals surface area contributed by atoms with Crippen molar-refractivity contribution in [2.45, 2.75) is 6.42 Å². The Kier molecular flexibility index (Phi) is 6.11. The Morgan fingerprint density at radius 2 is 1.90 bits per heavy atom. The minimum Gasteiger partial charge on any atom is -0.385 e. The van der Waals surface area contributed by atoms with Crippen LogP contribution in [0, 0.1) is 0 Å². The molecule has 3 N–H and O–H groups in total. The Labute approximate surface area is 183 Å². The van der Waals surface area contributed by atoms with Crippen LogP contribution in [0.5, 0.6) is 0 Å². The number of nitrogens with two attached hydrogens (primary N) is 1. The summed E-state index contributed by atoms with van der Waals surface area (Å²) in [5.74, 6) is -0.164. The van der Waals surface area contributed by atoms with Crippen LogP contribution in [-0.4, -0.2) is 47.0 Å². The van der Waals surface area contributed by atoms with Crippen molar-refractivity contribution in [2.75, 3.05) is 26.0 Å². The Balaban J connectivity index is 1.80. The second-order valence-corrected chi connectivity index (χ2v) is 7.29. The highest BCUT2D eigenvalue weighted by atomic mass is 35.5. The molecule has 31 heavy (non-hydrogen) atoms. The summed E-state index contributed by atoms with van der Waals surface area (Å²) in [5, 5.41) is 7.97. The number of anilines is 1. The normalized spacial score (nSPS) is 11.5. The van der Waals surface area contributed by atoms with Crippen LogP contribution < -0.4 is 11.1 Å². The van der Waals surface area contributed by atoms with E-state index in [1.54, 1.807) is 25.5 Å². The molecule has 0 spiro atoms. The predicted molar refractivity (Wildman–Crippen MR) is 123 cm³/mol. The van der Waals surface area contributed by atoms with Crippen molar-refractivity contribution in [3.8, 4) is 0 Å². The first kappa shape index (κ1) is 20.8. The smallest absolute Gasteiger partial charge is 0.257 e. The monoisotopic (exact) mass is 436 g/mol. The number of para-hydroxylation sites is 2. The maximum absolute atomic E-state index is 12.9. The molecule has 4 rings (SSSR count). The first-order chi connectivity index (χ1) is 15.1. The van der Waals surface area contributed by atoms with Crippen LogP contribution >= 0.6 is 11.6 Å². The van der Waals surface area contributed by atoms with E-state index in [2.05, 4.69) is 20.4 Å². The summed E-state index contributed by atoms with van der Waals surface area (Å²) in [4.78, 5) is 22.2. The van der Waals surface area contributed by atoms with E-state index in [4.69, 9.17) is 22.1 Å². The molecular weight excluding hydrogens is 416 g/mol. The van der Waals surface area contributed by atoms with Gasteiger partial charge in [-0.05, 0) is 36.2 Å². The summed E-state index contributed by atoms with van der Waals surface area (Å²) in [5.41, 5.74) is 9.59. The highest BCUT2D eigenvalue weighted by Gasteiger charge is 2.23. The van der Waals surface area contributed by atoms with Crippen LogP contribution in [0.4, 0.5) is 5.82 Å². The highest BCUT2D eigenvalue weighted by Crippen LogP contribution is 2.27. The maximum Gasteiger partial charge on any atom is 0.257 e. The van der Waals surface area contributed by atoms with Crippen LogP contribution in [0.2, 0.25) is 5.02 Å². The highest BCUT2D eigenvalue weighted by molar-refractivity contribution is 6.30. The quantitative estimate of drug-likeness (QED) is 0.340. The molecule has 0 aliphatic rings. The van der Waals surface area contributed by atoms with Crippen molar-refractivity contribution in [3.63, 3.8) is 0 Å². The van der Waals surface area contributed by atoms with Crippen molar-refractivity contribution in [2.24, 2.45) is 5.10 Å². The average molecular weight is 437 g/mol. The Bertz CT molecular complexity index is 1270. The van der Waals surface area contributed by atoms with E-state index < -0.39 is 0 Å². The zero-order chi connectivity index (χ0) is 21.8. The van der Waals surface area contributed by atoms with Gasteiger partial charge in [-0.1, -0.05) is 35.9 Å². The number of fused-ring (bicyclic) bond motifs is 2. The number of benzene rings is 2. The molecule has 0 aliphatic carbocycles. The van der Waals surface area contributed by atoms with Crippen molar-refractivity contribution in [3.05, 3.63) is 64.7 Å². The molecule has 0 saturated carbocycles. The minimum absolute atomic E-state index is 0.166. The molecule has 4 aromatic rings. The molecule has 1 amide bonds. The van der Waals surface area contributed by atoms with Crippen LogP contribution in [0.25, 0.3) is 22.2 Å². The van der Waals surface area contributed by atoms with E-state index in [0.29, 0.717) is 46.8 Å². The fourth-order valence-electron chi connectivity index (χ4n) is 3.17. The zero-order valence-corrected chi connectivity index (χ0v) is 17.6. The number of nitrogens with zero attached hydrogens (tertiary/aromatic N) is 4. The van der Waals surface area contributed by atoms with Crippen molar-refractivity contribution < 1.29 is 9.53 Å². The van der Waals surface area contributed by atoms with Crippen LogP contribution in [0.3, 0.4) is 0 Å². The SMILES string of the molecule is COCCCNC(=O)c1c(N)n(N=Cc2ccc(Cl)cc2)c2nc3ccccc3nc12. The number of amides is 1. The lowest BCUT2D eigenvalue weighted by Gasteiger charge is -2.05. The Hall–Kier alpha value is -3.49. The topological polar surface area (TPSA) is 107 Å². The van der Waals surface area contributed by atoms with Gasteiger partial charge in [0.05, 0.1) is 17.2 Å². The number of aromatic nitrogens is 3. The maximum atomic E-state index is 12.9. The van der Waals surface area contributed by atoms with Gasteiger partial charge in [0.15, 0.2) is 5.65 Å². The summed E-state index contributed by atoms with van der Waals surface area (Å²) in [6, 6.07) is 14.6. The van der Waals surface area contributed by atoms with Gasteiger partial charge in [0, 0.05) is 25.3 Å². The van der Waals surface area contributed by atoms with Gasteiger partial charge < -0.3 is 15.8 Å². The van der Waals surface area contributed by atoms with Gasteiger partial charge in [-0.15, -0.1) is 0 Å². The number of nitrogen functional groups attached to an aromatic ring is 1. The number of nitrogens with one attached hydrogen (secondary N) is 1. The third-order valence-electron chi connectivity index (χ3n) is 4.70. The third kappa shape index (κ3) is 4.35. The lowest BCUT2D eigenvalue weighted by atomic mass is 10.2. The Morgan fingerprint density at radius 1 is 1.19 bits per heavy atom. The van der Waals surface area contributed by atoms with E-state index in [0.717, 1.165) is 5.56 Å². The van der Waals surface area contributed by atoms with Gasteiger partial charge in [0.2, 0.25) is 0 Å². The molecule has 9 heteroatoms. The zero-order valence-electron chi connectivity index (χ0n) is 16.9. The molecule has 0 fully saturated rings. The summed E-state index contributed by atoms with van der Waals surface area (Å²) >= 11 is 5.95. The molecule has 0 saturated heterocycles. The summed E-state index contributed by atoms with van der Waals surface area (Å²) < 4.78 is 6.47. The number of hydrogen-bond donors (Lipinski definition) is 2. The molecule has 2 heterocycles. The summed E-state index contributed by atoms with van der Waals surface area (Å²) in [6.07, 6.45) is 2.31. The molecule has 2 aromatic heterocycles. The fraction of sp³-hybridized carbons (Fsp3) is 0.182. The van der Waals surface area contributed by atoms with E-state index in [-0.39, 0.29) is 17.3 Å². The number of carbonyl (C=O) groups excluding carboxylic acids is 1. The molecule has 0 atom stereocenters. The van der Waals surface area contributed by atoms with Crippen molar-refractivity contribution >= 4 is 51.7 Å². The number of hydrogen-bond acceptors (Lipinski definition) is 6. The second-order valence-electron chi connectivity index (χ2n) is 6.85. The fourth-order valence-corrected chi connectivity index (χ4v) is 3.29. The number of halogens is 1. The van der Waals surface area contributed by atoms with Gasteiger partial charge in [-0.2, -0.15) is 9.78 Å². The van der Waals surface area contributed by atoms with E-state index in [1.165, 1.54) is 4.68 Å². The first-order valence-corrected chi connectivity index (χ1v) is 10.1. The van der Waals surface area contributed by atoms with Gasteiger partial charge in [-0.25, -0.2) is 9.97 Å². The van der Waals surface area contributed by atoms with Crippen LogP contribution in [0.1, 0.15) is 22.3 Å². The number of ether oxygens (including phenoxy) is 1. The summed E-state index contributed by atoms with van der Waals surface area (Å²) in [7, 11) is 1.62. The van der Waals surface area contributed by atoms with Crippen LogP contribution in [0.15, 0.2) is 53.6 Å². The molecular formula is C22H21ClN6O2. The van der Waals surface area contributed by atoms with E-state index in [9.17, 15) is 4.79 Å². The minimum atomic E-state index is -0.330. The largest absolute Gasteiger partial charge is 0.385 e. The van der Waals surface area contributed by atoms with Gasteiger partial charge in [-0.3, -0.25) is 4.79 Å². The van der Waals surface area contributed by atoms with E-state index in [1.807, 2.05) is 36.4 Å². The molecule has 0 unspecified atom stereocenters. The third-order valence-corrected chi connectivity index (χ3v) is 4.96. The predicted octanol–water partition coefficient (Wildman–Crippen LogP) is 3.47. The van der Waals surface area contributed by atoms with Gasteiger partial charge >= 0.3 is 0 Å². The lowest BCUT2D eigenvalue weighted by molar-refractivity contribution is 0.0951. The number of methoxy groups -OCH3 is 1. The molecule has 158 valence electrons. The molecule has 0 bridgehead atoms. The molecule has 0 radical (unpaired) electrons. The second kappa shape index (κ2) is 9.11. The lowest BCUT2D eigenvalue weighted by Crippen LogP contribution is -2.26. The standard InChI is InChI=1S/C22H21ClN6O2/c1-31-12-4-11-25-22(30)18-19-21(28-17-6-3-2-5-16(17)27-19)29(20(18)24)26-13-14-7-9-15(23)10-8-14/h2-3,5-10,13H,4,11-12,24H2,1H3,(H,25,30). The van der Waals surface area contributed by atoms with Crippen LogP contribution in [-0.2, 0) is 4.74 Å². The average Bonchev–Trinajstić information content (AvgIpc) is 3.05. The first-order valence-electron chi connectivity index (χ1n) is 9.72. The molecule has 0 aliphatic heterocycles. The summed E-state index contributed by atoms with van der Waals surface area (Å²) in [6.45, 7) is 1.00. The number of rotatable bonds is 7. The van der Waals surface area contributed by atoms with Gasteiger partial charge in [0.25, 0.3) is 5.91 Å². The Morgan fingerprint density at radius 3 is 2.61 bits per heavy atom. The number of carbonyl (C=O) groups is 1. The molecule has 2 aromatic carbocycles. The molecule has 8 nitrogen and oxygen atoms in total. The van der Waals surface area contributed by atoms with Crippen molar-refractivity contribution in [1.29, 1.82) is 0 Å².